The summed E-state index contributed by atoms with van der Waals surface area (Å²) in [6, 6.07) is 14.8. The molecular formula is C22H27NO4. The zero-order chi connectivity index (χ0) is 19.4. The van der Waals surface area contributed by atoms with E-state index in [1.165, 1.54) is 0 Å². The van der Waals surface area contributed by atoms with Gasteiger partial charge in [-0.15, -0.1) is 0 Å². The average molecular weight is 369 g/mol. The van der Waals surface area contributed by atoms with Crippen LogP contribution in [0.5, 0.6) is 11.5 Å². The van der Waals surface area contributed by atoms with E-state index in [0.717, 1.165) is 18.4 Å². The SMILES string of the molecule is COc1ccc(C(=O)NCC2(C(O)c3ccccc3)CC2)c(OC(C)C)c1. The minimum absolute atomic E-state index is 0.0571. The van der Waals surface area contributed by atoms with Gasteiger partial charge in [-0.25, -0.2) is 0 Å². The number of carbonyl (C=O) groups is 1. The fourth-order valence-corrected chi connectivity index (χ4v) is 3.22. The molecule has 0 bridgehead atoms. The summed E-state index contributed by atoms with van der Waals surface area (Å²) in [4.78, 5) is 12.8. The predicted octanol–water partition coefficient (Wildman–Crippen LogP) is 3.73. The fraction of sp³-hybridized carbons (Fsp3) is 0.409. The molecule has 2 N–H and O–H groups in total. The van der Waals surface area contributed by atoms with Crippen LogP contribution in [0, 0.1) is 5.41 Å². The van der Waals surface area contributed by atoms with Gasteiger partial charge in [0.25, 0.3) is 5.91 Å². The quantitative estimate of drug-likeness (QED) is 0.744. The highest BCUT2D eigenvalue weighted by Crippen LogP contribution is 2.54. The number of ether oxygens (including phenoxy) is 2. The van der Waals surface area contributed by atoms with Gasteiger partial charge in [-0.05, 0) is 44.4 Å². The molecule has 0 aliphatic heterocycles. The second kappa shape index (κ2) is 8.01. The van der Waals surface area contributed by atoms with E-state index in [1.807, 2.05) is 44.2 Å². The fourth-order valence-electron chi connectivity index (χ4n) is 3.22. The van der Waals surface area contributed by atoms with E-state index in [9.17, 15) is 9.90 Å². The summed E-state index contributed by atoms with van der Waals surface area (Å²) in [5.41, 5.74) is 1.06. The van der Waals surface area contributed by atoms with E-state index in [4.69, 9.17) is 9.47 Å². The van der Waals surface area contributed by atoms with Gasteiger partial charge in [0.1, 0.15) is 11.5 Å². The maximum Gasteiger partial charge on any atom is 0.255 e. The summed E-state index contributed by atoms with van der Waals surface area (Å²) in [5.74, 6) is 0.926. The number of hydrogen-bond acceptors (Lipinski definition) is 4. The van der Waals surface area contributed by atoms with E-state index in [2.05, 4.69) is 5.32 Å². The van der Waals surface area contributed by atoms with Gasteiger partial charge < -0.3 is 19.9 Å². The maximum atomic E-state index is 12.8. The summed E-state index contributed by atoms with van der Waals surface area (Å²) in [6.07, 6.45) is 1.14. The molecule has 1 amide bonds. The Labute approximate surface area is 160 Å². The summed E-state index contributed by atoms with van der Waals surface area (Å²) < 4.78 is 11.0. The monoisotopic (exact) mass is 369 g/mol. The van der Waals surface area contributed by atoms with Crippen LogP contribution in [0.4, 0.5) is 0 Å². The number of rotatable bonds is 8. The molecule has 1 aliphatic rings. The van der Waals surface area contributed by atoms with Crippen LogP contribution in [0.25, 0.3) is 0 Å². The van der Waals surface area contributed by atoms with Gasteiger partial charge in [-0.1, -0.05) is 30.3 Å². The Morgan fingerprint density at radius 2 is 1.89 bits per heavy atom. The lowest BCUT2D eigenvalue weighted by molar-refractivity contribution is 0.0805. The molecule has 1 aliphatic carbocycles. The van der Waals surface area contributed by atoms with Gasteiger partial charge in [0.15, 0.2) is 0 Å². The number of carbonyl (C=O) groups excluding carboxylic acids is 1. The number of nitrogens with one attached hydrogen (secondary N) is 1. The van der Waals surface area contributed by atoms with E-state index < -0.39 is 6.10 Å². The number of aliphatic hydroxyl groups excluding tert-OH is 1. The highest BCUT2D eigenvalue weighted by Gasteiger charge is 2.49. The van der Waals surface area contributed by atoms with Crippen molar-refractivity contribution in [3.63, 3.8) is 0 Å². The van der Waals surface area contributed by atoms with Crippen molar-refractivity contribution >= 4 is 5.91 Å². The average Bonchev–Trinajstić information content (AvgIpc) is 3.47. The largest absolute Gasteiger partial charge is 0.497 e. The molecule has 2 aromatic rings. The summed E-state index contributed by atoms with van der Waals surface area (Å²) in [5, 5.41) is 13.7. The van der Waals surface area contributed by atoms with Crippen molar-refractivity contribution in [2.75, 3.05) is 13.7 Å². The summed E-state index contributed by atoms with van der Waals surface area (Å²) >= 11 is 0. The third-order valence-corrected chi connectivity index (χ3v) is 4.98. The van der Waals surface area contributed by atoms with Gasteiger partial charge in [-0.2, -0.15) is 0 Å². The minimum atomic E-state index is -0.582. The Bertz CT molecular complexity index is 784. The van der Waals surface area contributed by atoms with Gasteiger partial charge >= 0.3 is 0 Å². The van der Waals surface area contributed by atoms with Crippen molar-refractivity contribution in [2.45, 2.75) is 38.9 Å². The Morgan fingerprint density at radius 3 is 2.48 bits per heavy atom. The first-order valence-electron chi connectivity index (χ1n) is 9.31. The molecule has 0 aromatic heterocycles. The molecule has 1 fully saturated rings. The van der Waals surface area contributed by atoms with Crippen molar-refractivity contribution in [1.82, 2.24) is 5.32 Å². The molecule has 144 valence electrons. The number of methoxy groups -OCH3 is 1. The Hall–Kier alpha value is -2.53. The highest BCUT2D eigenvalue weighted by molar-refractivity contribution is 5.97. The van der Waals surface area contributed by atoms with E-state index in [0.29, 0.717) is 23.6 Å². The molecule has 0 spiro atoms. The van der Waals surface area contributed by atoms with Crippen LogP contribution in [-0.4, -0.2) is 30.8 Å². The molecule has 5 nitrogen and oxygen atoms in total. The van der Waals surface area contributed by atoms with E-state index in [1.54, 1.807) is 25.3 Å². The van der Waals surface area contributed by atoms with Gasteiger partial charge in [0, 0.05) is 18.0 Å². The van der Waals surface area contributed by atoms with Crippen LogP contribution in [0.15, 0.2) is 48.5 Å². The normalized spacial score (nSPS) is 15.9. The molecule has 27 heavy (non-hydrogen) atoms. The topological polar surface area (TPSA) is 67.8 Å². The lowest BCUT2D eigenvalue weighted by Gasteiger charge is -2.23. The van der Waals surface area contributed by atoms with Crippen LogP contribution < -0.4 is 14.8 Å². The van der Waals surface area contributed by atoms with Crippen LogP contribution in [0.3, 0.4) is 0 Å². The minimum Gasteiger partial charge on any atom is -0.497 e. The summed E-state index contributed by atoms with van der Waals surface area (Å²) in [7, 11) is 1.58. The molecular weight excluding hydrogens is 342 g/mol. The number of amides is 1. The second-order valence-corrected chi connectivity index (χ2v) is 7.39. The van der Waals surface area contributed by atoms with Crippen molar-refractivity contribution in [2.24, 2.45) is 5.41 Å². The molecule has 0 heterocycles. The third-order valence-electron chi connectivity index (χ3n) is 4.98. The Morgan fingerprint density at radius 1 is 1.19 bits per heavy atom. The standard InChI is InChI=1S/C22H27NO4/c1-15(2)27-19-13-17(26-3)9-10-18(19)21(25)23-14-22(11-12-22)20(24)16-7-5-4-6-8-16/h4-10,13,15,20,24H,11-12,14H2,1-3H3,(H,23,25). The smallest absolute Gasteiger partial charge is 0.255 e. The van der Waals surface area contributed by atoms with Crippen LogP contribution >= 0.6 is 0 Å². The third kappa shape index (κ3) is 4.42. The zero-order valence-corrected chi connectivity index (χ0v) is 16.1. The molecule has 2 aromatic carbocycles. The van der Waals surface area contributed by atoms with Crippen LogP contribution in [-0.2, 0) is 0 Å². The number of benzene rings is 2. The molecule has 5 heteroatoms. The van der Waals surface area contributed by atoms with Crippen molar-refractivity contribution in [3.05, 3.63) is 59.7 Å². The highest BCUT2D eigenvalue weighted by atomic mass is 16.5. The summed E-state index contributed by atoms with van der Waals surface area (Å²) in [6.45, 7) is 4.25. The molecule has 0 saturated heterocycles. The first-order chi connectivity index (χ1) is 12.9. The van der Waals surface area contributed by atoms with Crippen LogP contribution in [0.2, 0.25) is 0 Å². The maximum absolute atomic E-state index is 12.8. The second-order valence-electron chi connectivity index (χ2n) is 7.39. The Balaban J connectivity index is 1.71. The van der Waals surface area contributed by atoms with Crippen molar-refractivity contribution in [3.8, 4) is 11.5 Å². The molecule has 1 atom stereocenters. The molecule has 0 radical (unpaired) electrons. The molecule has 3 rings (SSSR count). The van der Waals surface area contributed by atoms with Crippen LogP contribution in [0.1, 0.15) is 48.7 Å². The van der Waals surface area contributed by atoms with Crippen molar-refractivity contribution in [1.29, 1.82) is 0 Å². The van der Waals surface area contributed by atoms with Gasteiger partial charge in [-0.3, -0.25) is 4.79 Å². The number of hydrogen-bond donors (Lipinski definition) is 2. The van der Waals surface area contributed by atoms with Crippen molar-refractivity contribution < 1.29 is 19.4 Å². The Kier molecular flexibility index (Phi) is 5.71. The zero-order valence-electron chi connectivity index (χ0n) is 16.1. The molecule has 1 saturated carbocycles. The first kappa shape index (κ1) is 19.2. The lowest BCUT2D eigenvalue weighted by atomic mass is 9.92. The van der Waals surface area contributed by atoms with E-state index >= 15 is 0 Å². The van der Waals surface area contributed by atoms with Gasteiger partial charge in [0.05, 0.1) is 24.9 Å². The molecule has 1 unspecified atom stereocenters. The lowest BCUT2D eigenvalue weighted by Crippen LogP contribution is -2.33. The van der Waals surface area contributed by atoms with Gasteiger partial charge in [0.2, 0.25) is 0 Å². The number of aliphatic hydroxyl groups is 1. The predicted molar refractivity (Wildman–Crippen MR) is 104 cm³/mol. The first-order valence-corrected chi connectivity index (χ1v) is 9.31. The van der Waals surface area contributed by atoms with E-state index in [-0.39, 0.29) is 17.4 Å².